The molecule has 23 heavy (non-hydrogen) atoms. The smallest absolute Gasteiger partial charge is 0.224 e. The van der Waals surface area contributed by atoms with Crippen LogP contribution in [0.3, 0.4) is 0 Å². The molecule has 6 heteroatoms. The van der Waals surface area contributed by atoms with Gasteiger partial charge in [-0.15, -0.1) is 11.3 Å². The van der Waals surface area contributed by atoms with Crippen molar-refractivity contribution in [3.8, 4) is 0 Å². The van der Waals surface area contributed by atoms with Gasteiger partial charge in [0.15, 0.2) is 5.96 Å². The van der Waals surface area contributed by atoms with Gasteiger partial charge in [0.2, 0.25) is 5.91 Å². The van der Waals surface area contributed by atoms with Crippen LogP contribution in [0.4, 0.5) is 0 Å². The van der Waals surface area contributed by atoms with Crippen molar-refractivity contribution < 1.29 is 4.79 Å². The molecular weight excluding hydrogens is 308 g/mol. The Bertz CT molecular complexity index is 565. The molecule has 126 valence electrons. The second-order valence-corrected chi connectivity index (χ2v) is 7.27. The number of amides is 1. The normalized spacial score (nSPS) is 17.8. The summed E-state index contributed by atoms with van der Waals surface area (Å²) in [4.78, 5) is 20.4. The third-order valence-electron chi connectivity index (χ3n) is 4.34. The standard InChI is InChI=1S/C17H26N4OS/c1-2-18-17(20-11-13-3-4-13)19-8-5-16(22)21-9-6-15-14(12-21)7-10-23-15/h7,10,13H,2-6,8-9,11-12H2,1H3,(H2,18,19,20). The SMILES string of the molecule is CCNC(=NCC1CC1)NCCC(=O)N1CCc2sccc2C1. The van der Waals surface area contributed by atoms with E-state index in [2.05, 4.69) is 34.0 Å². The maximum absolute atomic E-state index is 12.4. The Kier molecular flexibility index (Phi) is 5.54. The molecule has 5 nitrogen and oxygen atoms in total. The molecular formula is C17H26N4OS. The summed E-state index contributed by atoms with van der Waals surface area (Å²) < 4.78 is 0. The molecule has 0 unspecified atom stereocenters. The molecule has 0 aromatic carbocycles. The molecule has 1 aliphatic carbocycles. The zero-order chi connectivity index (χ0) is 16.1. The van der Waals surface area contributed by atoms with Gasteiger partial charge in [-0.2, -0.15) is 0 Å². The van der Waals surface area contributed by atoms with E-state index in [4.69, 9.17) is 0 Å². The summed E-state index contributed by atoms with van der Waals surface area (Å²) in [5, 5.41) is 8.65. The lowest BCUT2D eigenvalue weighted by Gasteiger charge is -2.27. The first-order valence-electron chi connectivity index (χ1n) is 8.61. The third-order valence-corrected chi connectivity index (χ3v) is 5.36. The topological polar surface area (TPSA) is 56.7 Å². The van der Waals surface area contributed by atoms with E-state index in [0.29, 0.717) is 13.0 Å². The number of fused-ring (bicyclic) bond motifs is 1. The first-order chi connectivity index (χ1) is 11.3. The Labute approximate surface area is 142 Å². The molecule has 1 aliphatic heterocycles. The quantitative estimate of drug-likeness (QED) is 0.618. The molecule has 2 heterocycles. The van der Waals surface area contributed by atoms with Crippen LogP contribution in [0.1, 0.15) is 36.6 Å². The molecule has 2 aliphatic rings. The molecule has 3 rings (SSSR count). The minimum Gasteiger partial charge on any atom is -0.357 e. The van der Waals surface area contributed by atoms with E-state index in [1.165, 1.54) is 23.3 Å². The van der Waals surface area contributed by atoms with Crippen LogP contribution in [-0.4, -0.2) is 42.9 Å². The largest absolute Gasteiger partial charge is 0.357 e. The number of carbonyl (C=O) groups is 1. The maximum Gasteiger partial charge on any atom is 0.224 e. The maximum atomic E-state index is 12.4. The fourth-order valence-corrected chi connectivity index (χ4v) is 3.66. The van der Waals surface area contributed by atoms with E-state index < -0.39 is 0 Å². The van der Waals surface area contributed by atoms with Crippen LogP contribution in [0.5, 0.6) is 0 Å². The number of guanidine groups is 1. The number of thiophene rings is 1. The van der Waals surface area contributed by atoms with Crippen molar-refractivity contribution in [1.29, 1.82) is 0 Å². The van der Waals surface area contributed by atoms with Crippen molar-refractivity contribution in [1.82, 2.24) is 15.5 Å². The van der Waals surface area contributed by atoms with Crippen LogP contribution in [0.15, 0.2) is 16.4 Å². The van der Waals surface area contributed by atoms with Gasteiger partial charge in [0.1, 0.15) is 0 Å². The second kappa shape index (κ2) is 7.81. The summed E-state index contributed by atoms with van der Waals surface area (Å²) in [6.45, 7) is 6.07. The van der Waals surface area contributed by atoms with E-state index in [-0.39, 0.29) is 5.91 Å². The molecule has 2 N–H and O–H groups in total. The fourth-order valence-electron chi connectivity index (χ4n) is 2.77. The molecule has 1 aromatic heterocycles. The fraction of sp³-hybridized carbons (Fsp3) is 0.647. The highest BCUT2D eigenvalue weighted by Crippen LogP contribution is 2.28. The van der Waals surface area contributed by atoms with E-state index in [1.807, 2.05) is 4.90 Å². The van der Waals surface area contributed by atoms with Crippen molar-refractivity contribution in [2.24, 2.45) is 10.9 Å². The molecule has 0 saturated heterocycles. The highest BCUT2D eigenvalue weighted by molar-refractivity contribution is 7.10. The molecule has 1 aromatic rings. The number of hydrogen-bond donors (Lipinski definition) is 2. The number of hydrogen-bond acceptors (Lipinski definition) is 3. The minimum absolute atomic E-state index is 0.229. The van der Waals surface area contributed by atoms with Crippen molar-refractivity contribution in [3.05, 3.63) is 21.9 Å². The number of rotatable bonds is 6. The van der Waals surface area contributed by atoms with E-state index in [9.17, 15) is 4.79 Å². The Hall–Kier alpha value is -1.56. The van der Waals surface area contributed by atoms with Gasteiger partial charge in [-0.3, -0.25) is 9.79 Å². The van der Waals surface area contributed by atoms with Crippen LogP contribution in [0.25, 0.3) is 0 Å². The highest BCUT2D eigenvalue weighted by Gasteiger charge is 2.22. The minimum atomic E-state index is 0.229. The van der Waals surface area contributed by atoms with Crippen LogP contribution in [-0.2, 0) is 17.8 Å². The number of nitrogens with zero attached hydrogens (tertiary/aromatic N) is 2. The van der Waals surface area contributed by atoms with Crippen LogP contribution in [0.2, 0.25) is 0 Å². The molecule has 1 amide bonds. The van der Waals surface area contributed by atoms with Gasteiger partial charge in [0, 0.05) is 44.0 Å². The molecule has 0 atom stereocenters. The Balaban J connectivity index is 1.42. The number of nitrogens with one attached hydrogen (secondary N) is 2. The monoisotopic (exact) mass is 334 g/mol. The van der Waals surface area contributed by atoms with Crippen molar-refractivity contribution in [2.45, 2.75) is 39.2 Å². The predicted octanol–water partition coefficient (Wildman–Crippen LogP) is 1.99. The van der Waals surface area contributed by atoms with Crippen LogP contribution in [0, 0.1) is 5.92 Å². The van der Waals surface area contributed by atoms with Gasteiger partial charge in [0.05, 0.1) is 0 Å². The van der Waals surface area contributed by atoms with Gasteiger partial charge in [-0.25, -0.2) is 0 Å². The zero-order valence-corrected chi connectivity index (χ0v) is 14.6. The van der Waals surface area contributed by atoms with Gasteiger partial charge in [-0.1, -0.05) is 0 Å². The van der Waals surface area contributed by atoms with Gasteiger partial charge in [-0.05, 0) is 49.1 Å². The molecule has 0 radical (unpaired) electrons. The van der Waals surface area contributed by atoms with Crippen LogP contribution < -0.4 is 10.6 Å². The average molecular weight is 334 g/mol. The van der Waals surface area contributed by atoms with E-state index >= 15 is 0 Å². The lowest BCUT2D eigenvalue weighted by Crippen LogP contribution is -2.41. The van der Waals surface area contributed by atoms with E-state index in [1.54, 1.807) is 11.3 Å². The molecule has 1 fully saturated rings. The Morgan fingerprint density at radius 1 is 1.43 bits per heavy atom. The molecule has 1 saturated carbocycles. The predicted molar refractivity (Wildman–Crippen MR) is 94.8 cm³/mol. The van der Waals surface area contributed by atoms with Crippen molar-refractivity contribution >= 4 is 23.2 Å². The summed E-state index contributed by atoms with van der Waals surface area (Å²) in [6, 6.07) is 2.14. The van der Waals surface area contributed by atoms with Gasteiger partial charge >= 0.3 is 0 Å². The Morgan fingerprint density at radius 2 is 2.30 bits per heavy atom. The third kappa shape index (κ3) is 4.70. The molecule has 0 bridgehead atoms. The number of aliphatic imine (C=N–C) groups is 1. The first kappa shape index (κ1) is 16.3. The highest BCUT2D eigenvalue weighted by atomic mass is 32.1. The summed E-state index contributed by atoms with van der Waals surface area (Å²) in [6.07, 6.45) is 4.13. The lowest BCUT2D eigenvalue weighted by atomic mass is 10.1. The van der Waals surface area contributed by atoms with Gasteiger partial charge in [0.25, 0.3) is 0 Å². The summed E-state index contributed by atoms with van der Waals surface area (Å²) in [5.74, 6) is 1.85. The first-order valence-corrected chi connectivity index (χ1v) is 9.49. The van der Waals surface area contributed by atoms with Crippen LogP contribution >= 0.6 is 11.3 Å². The van der Waals surface area contributed by atoms with Crippen molar-refractivity contribution in [2.75, 3.05) is 26.2 Å². The van der Waals surface area contributed by atoms with E-state index in [0.717, 1.165) is 44.5 Å². The summed E-state index contributed by atoms with van der Waals surface area (Å²) in [5.41, 5.74) is 1.32. The Morgan fingerprint density at radius 3 is 3.09 bits per heavy atom. The average Bonchev–Trinajstić information content (AvgIpc) is 3.27. The molecule has 0 spiro atoms. The van der Waals surface area contributed by atoms with Crippen molar-refractivity contribution in [3.63, 3.8) is 0 Å². The summed E-state index contributed by atoms with van der Waals surface area (Å²) in [7, 11) is 0. The summed E-state index contributed by atoms with van der Waals surface area (Å²) >= 11 is 1.80. The second-order valence-electron chi connectivity index (χ2n) is 6.27. The zero-order valence-electron chi connectivity index (χ0n) is 13.8. The number of carbonyl (C=O) groups excluding carboxylic acids is 1. The lowest BCUT2D eigenvalue weighted by molar-refractivity contribution is -0.131. The van der Waals surface area contributed by atoms with Gasteiger partial charge < -0.3 is 15.5 Å².